The van der Waals surface area contributed by atoms with Crippen LogP contribution in [0, 0.1) is 0 Å². The molecular formula is C16H20N4OS2. The number of thioether (sulfide) groups is 1. The number of nitrogens with zero attached hydrogens (tertiary/aromatic N) is 3. The maximum absolute atomic E-state index is 12.4. The van der Waals surface area contributed by atoms with Crippen LogP contribution < -0.4 is 5.73 Å². The lowest BCUT2D eigenvalue weighted by Gasteiger charge is -2.20. The summed E-state index contributed by atoms with van der Waals surface area (Å²) >= 11 is 2.75. The molecule has 1 aromatic carbocycles. The third-order valence-electron chi connectivity index (χ3n) is 4.09. The van der Waals surface area contributed by atoms with Crippen molar-refractivity contribution >= 4 is 34.1 Å². The monoisotopic (exact) mass is 348 g/mol. The van der Waals surface area contributed by atoms with E-state index in [9.17, 15) is 4.79 Å². The van der Waals surface area contributed by atoms with E-state index in [0.717, 1.165) is 36.7 Å². The van der Waals surface area contributed by atoms with Crippen molar-refractivity contribution in [3.8, 4) is 0 Å². The minimum atomic E-state index is 0.178. The molecule has 2 heterocycles. The van der Waals surface area contributed by atoms with E-state index in [-0.39, 0.29) is 5.91 Å². The maximum Gasteiger partial charge on any atom is 0.233 e. The molecule has 0 radical (unpaired) electrons. The number of likely N-dealkylation sites (tertiary alicyclic amines) is 1. The highest BCUT2D eigenvalue weighted by molar-refractivity contribution is 8.01. The molecule has 0 spiro atoms. The number of rotatable bonds is 4. The van der Waals surface area contributed by atoms with Gasteiger partial charge in [0.25, 0.3) is 0 Å². The highest BCUT2D eigenvalue weighted by atomic mass is 32.2. The summed E-state index contributed by atoms with van der Waals surface area (Å²) in [4.78, 5) is 14.4. The Balaban J connectivity index is 1.52. The first-order valence-electron chi connectivity index (χ1n) is 7.77. The van der Waals surface area contributed by atoms with E-state index in [4.69, 9.17) is 5.73 Å². The molecule has 7 heteroatoms. The van der Waals surface area contributed by atoms with Gasteiger partial charge in [0, 0.05) is 13.1 Å². The molecule has 1 aliphatic heterocycles. The van der Waals surface area contributed by atoms with Crippen LogP contribution in [-0.4, -0.2) is 39.8 Å². The van der Waals surface area contributed by atoms with Crippen LogP contribution in [0.4, 0.5) is 5.13 Å². The van der Waals surface area contributed by atoms with Crippen LogP contribution in [0.3, 0.4) is 0 Å². The lowest BCUT2D eigenvalue weighted by Crippen LogP contribution is -2.33. The topological polar surface area (TPSA) is 72.1 Å². The molecule has 1 aromatic heterocycles. The summed E-state index contributed by atoms with van der Waals surface area (Å²) in [5.74, 6) is 1.15. The van der Waals surface area contributed by atoms with Gasteiger partial charge >= 0.3 is 0 Å². The zero-order valence-electron chi connectivity index (χ0n) is 12.9. The number of aromatic nitrogens is 2. The lowest BCUT2D eigenvalue weighted by molar-refractivity contribution is -0.128. The summed E-state index contributed by atoms with van der Waals surface area (Å²) in [5, 5.41) is 8.15. The van der Waals surface area contributed by atoms with E-state index in [0.29, 0.717) is 16.8 Å². The van der Waals surface area contributed by atoms with Crippen molar-refractivity contribution in [2.75, 3.05) is 24.6 Å². The largest absolute Gasteiger partial charge is 0.374 e. The van der Waals surface area contributed by atoms with Gasteiger partial charge in [0.1, 0.15) is 0 Å². The first-order chi connectivity index (χ1) is 11.2. The van der Waals surface area contributed by atoms with Gasteiger partial charge in [0.05, 0.1) is 5.75 Å². The lowest BCUT2D eigenvalue weighted by atomic mass is 9.92. The van der Waals surface area contributed by atoms with Crippen LogP contribution >= 0.6 is 23.1 Å². The van der Waals surface area contributed by atoms with E-state index < -0.39 is 0 Å². The summed E-state index contributed by atoms with van der Waals surface area (Å²) < 4.78 is 0.757. The number of anilines is 1. The molecule has 1 fully saturated rings. The second-order valence-corrected chi connectivity index (χ2v) is 7.85. The molecule has 23 heavy (non-hydrogen) atoms. The van der Waals surface area contributed by atoms with Gasteiger partial charge in [-0.05, 0) is 30.7 Å². The number of carbonyl (C=O) groups excluding carboxylic acids is 1. The highest BCUT2D eigenvalue weighted by Gasteiger charge is 2.21. The fourth-order valence-corrected chi connectivity index (χ4v) is 4.44. The van der Waals surface area contributed by atoms with Crippen LogP contribution in [0.15, 0.2) is 34.7 Å². The molecule has 0 unspecified atom stereocenters. The van der Waals surface area contributed by atoms with Crippen LogP contribution in [-0.2, 0) is 4.79 Å². The van der Waals surface area contributed by atoms with Gasteiger partial charge in [-0.1, -0.05) is 53.4 Å². The molecule has 5 nitrogen and oxygen atoms in total. The number of nitrogens with two attached hydrogens (primary N) is 1. The second kappa shape index (κ2) is 7.79. The van der Waals surface area contributed by atoms with Crippen molar-refractivity contribution in [2.24, 2.45) is 0 Å². The Hall–Kier alpha value is -1.60. The van der Waals surface area contributed by atoms with Crippen molar-refractivity contribution in [3.63, 3.8) is 0 Å². The van der Waals surface area contributed by atoms with Gasteiger partial charge in [0.15, 0.2) is 4.34 Å². The maximum atomic E-state index is 12.4. The molecule has 1 saturated heterocycles. The van der Waals surface area contributed by atoms with Crippen molar-refractivity contribution in [1.29, 1.82) is 0 Å². The Morgan fingerprint density at radius 2 is 2.09 bits per heavy atom. The zero-order valence-corrected chi connectivity index (χ0v) is 14.5. The fourth-order valence-electron chi connectivity index (χ4n) is 2.90. The van der Waals surface area contributed by atoms with Crippen molar-refractivity contribution in [2.45, 2.75) is 29.5 Å². The van der Waals surface area contributed by atoms with E-state index in [1.54, 1.807) is 0 Å². The van der Waals surface area contributed by atoms with Gasteiger partial charge in [-0.2, -0.15) is 0 Å². The molecular weight excluding hydrogens is 328 g/mol. The molecule has 1 aliphatic rings. The van der Waals surface area contributed by atoms with Gasteiger partial charge in [-0.3, -0.25) is 4.79 Å². The molecule has 0 bridgehead atoms. The quantitative estimate of drug-likeness (QED) is 0.860. The molecule has 1 atom stereocenters. The van der Waals surface area contributed by atoms with Gasteiger partial charge in [-0.15, -0.1) is 10.2 Å². The summed E-state index contributed by atoms with van der Waals surface area (Å²) in [7, 11) is 0. The van der Waals surface area contributed by atoms with Crippen LogP contribution in [0.2, 0.25) is 0 Å². The SMILES string of the molecule is Nc1nnc(SCC(=O)N2CCC[C@@H](c3ccccc3)CC2)s1. The number of carbonyl (C=O) groups is 1. The molecule has 0 saturated carbocycles. The third-order valence-corrected chi connectivity index (χ3v) is 5.96. The minimum Gasteiger partial charge on any atom is -0.374 e. The highest BCUT2D eigenvalue weighted by Crippen LogP contribution is 2.29. The Bertz CT molecular complexity index is 647. The average molecular weight is 348 g/mol. The smallest absolute Gasteiger partial charge is 0.233 e. The molecule has 1 amide bonds. The average Bonchev–Trinajstić information content (AvgIpc) is 2.85. The van der Waals surface area contributed by atoms with Crippen molar-refractivity contribution < 1.29 is 4.79 Å². The van der Waals surface area contributed by atoms with Gasteiger partial charge in [0.2, 0.25) is 11.0 Å². The first kappa shape index (κ1) is 16.3. The van der Waals surface area contributed by atoms with E-state index >= 15 is 0 Å². The molecule has 3 rings (SSSR count). The Kier molecular flexibility index (Phi) is 5.51. The molecule has 2 aromatic rings. The van der Waals surface area contributed by atoms with Gasteiger partial charge < -0.3 is 10.6 Å². The normalized spacial score (nSPS) is 18.6. The predicted octanol–water partition coefficient (Wildman–Crippen LogP) is 3.01. The number of nitrogen functional groups attached to an aromatic ring is 1. The Morgan fingerprint density at radius 1 is 1.26 bits per heavy atom. The van der Waals surface area contributed by atoms with E-state index in [1.807, 2.05) is 11.0 Å². The number of hydrogen-bond acceptors (Lipinski definition) is 6. The van der Waals surface area contributed by atoms with Crippen LogP contribution in [0.25, 0.3) is 0 Å². The summed E-state index contributed by atoms with van der Waals surface area (Å²) in [6, 6.07) is 10.6. The Labute approximate surface area is 144 Å². The summed E-state index contributed by atoms with van der Waals surface area (Å²) in [5.41, 5.74) is 6.94. The number of benzene rings is 1. The standard InChI is InChI=1S/C16H20N4OS2/c17-15-18-19-16(23-15)22-11-14(21)20-9-4-7-13(8-10-20)12-5-2-1-3-6-12/h1-3,5-6,13H,4,7-11H2,(H2,17,18)/t13-/m1/s1. The molecule has 2 N–H and O–H groups in total. The number of hydrogen-bond donors (Lipinski definition) is 1. The third kappa shape index (κ3) is 4.45. The predicted molar refractivity (Wildman–Crippen MR) is 94.7 cm³/mol. The van der Waals surface area contributed by atoms with E-state index in [1.165, 1.54) is 28.7 Å². The Morgan fingerprint density at radius 3 is 2.83 bits per heavy atom. The van der Waals surface area contributed by atoms with Crippen LogP contribution in [0.1, 0.15) is 30.7 Å². The number of amides is 1. The molecule has 122 valence electrons. The second-order valence-electron chi connectivity index (χ2n) is 5.61. The van der Waals surface area contributed by atoms with Crippen molar-refractivity contribution in [3.05, 3.63) is 35.9 Å². The zero-order chi connectivity index (χ0) is 16.1. The van der Waals surface area contributed by atoms with Crippen LogP contribution in [0.5, 0.6) is 0 Å². The van der Waals surface area contributed by atoms with Gasteiger partial charge in [-0.25, -0.2) is 0 Å². The first-order valence-corrected chi connectivity index (χ1v) is 9.57. The summed E-state index contributed by atoms with van der Waals surface area (Å²) in [6.45, 7) is 1.68. The van der Waals surface area contributed by atoms with Crippen molar-refractivity contribution in [1.82, 2.24) is 15.1 Å². The minimum absolute atomic E-state index is 0.178. The fraction of sp³-hybridized carbons (Fsp3) is 0.438. The van der Waals surface area contributed by atoms with E-state index in [2.05, 4.69) is 34.5 Å². The molecule has 0 aliphatic carbocycles. The summed E-state index contributed by atoms with van der Waals surface area (Å²) in [6.07, 6.45) is 3.24.